The summed E-state index contributed by atoms with van der Waals surface area (Å²) in [5, 5.41) is 38.7. The normalized spacial score (nSPS) is 38.9. The summed E-state index contributed by atoms with van der Waals surface area (Å²) in [6, 6.07) is 0. The number of carbonyl (C=O) groups is 1. The number of rotatable bonds is 3. The Morgan fingerprint density at radius 1 is 1.38 bits per heavy atom. The Morgan fingerprint density at radius 2 is 1.94 bits per heavy atom. The van der Waals surface area contributed by atoms with Gasteiger partial charge in [-0.15, -0.1) is 0 Å². The van der Waals surface area contributed by atoms with Crippen LogP contribution in [0.2, 0.25) is 0 Å². The maximum atomic E-state index is 10.7. The van der Waals surface area contributed by atoms with Crippen LogP contribution in [0, 0.1) is 5.92 Å². The zero-order chi connectivity index (χ0) is 11.6. The fourth-order valence-electron chi connectivity index (χ4n) is 1.86. The standard InChI is InChI=1S/C9H16O6.Na/c1-2-4-6(11)7(12)5(3-10)15-8(4)9(13)14;/h4-8,10-12H,2-3H2,1H3,(H,13,14);/q;+1/p-1/t4-,5-,6+,7?,8?;/m0./s1. The van der Waals surface area contributed by atoms with E-state index in [-0.39, 0.29) is 29.6 Å². The number of aliphatic hydroxyl groups is 3. The van der Waals surface area contributed by atoms with Crippen LogP contribution in [0.15, 0.2) is 0 Å². The third-order valence-corrected chi connectivity index (χ3v) is 2.76. The second-order valence-corrected chi connectivity index (χ2v) is 3.65. The van der Waals surface area contributed by atoms with Crippen molar-refractivity contribution in [3.05, 3.63) is 0 Å². The Bertz CT molecular complexity index is 236. The van der Waals surface area contributed by atoms with E-state index in [1.54, 1.807) is 6.92 Å². The van der Waals surface area contributed by atoms with Crippen molar-refractivity contribution < 1.29 is 59.5 Å². The third kappa shape index (κ3) is 3.16. The van der Waals surface area contributed by atoms with Crippen LogP contribution in [0.5, 0.6) is 0 Å². The molecule has 0 spiro atoms. The summed E-state index contributed by atoms with van der Waals surface area (Å²) in [4.78, 5) is 10.7. The van der Waals surface area contributed by atoms with E-state index in [0.29, 0.717) is 6.42 Å². The molecule has 1 aliphatic heterocycles. The number of aliphatic hydroxyl groups excluding tert-OH is 3. The minimum atomic E-state index is -1.44. The smallest absolute Gasteiger partial charge is 0.547 e. The third-order valence-electron chi connectivity index (χ3n) is 2.76. The summed E-state index contributed by atoms with van der Waals surface area (Å²) >= 11 is 0. The van der Waals surface area contributed by atoms with Gasteiger partial charge < -0.3 is 30.0 Å². The van der Waals surface area contributed by atoms with Crippen LogP contribution < -0.4 is 34.7 Å². The second kappa shape index (κ2) is 6.90. The first-order valence-corrected chi connectivity index (χ1v) is 4.86. The van der Waals surface area contributed by atoms with Crippen molar-refractivity contribution in [2.45, 2.75) is 37.8 Å². The molecule has 0 saturated carbocycles. The van der Waals surface area contributed by atoms with Gasteiger partial charge in [0.2, 0.25) is 0 Å². The molecule has 1 fully saturated rings. The molecule has 2 unspecified atom stereocenters. The van der Waals surface area contributed by atoms with E-state index in [1.165, 1.54) is 0 Å². The van der Waals surface area contributed by atoms with Crippen molar-refractivity contribution in [1.29, 1.82) is 0 Å². The fourth-order valence-corrected chi connectivity index (χ4v) is 1.86. The quantitative estimate of drug-likeness (QED) is 0.425. The molecule has 5 atom stereocenters. The number of ether oxygens (including phenoxy) is 1. The number of hydrogen-bond acceptors (Lipinski definition) is 6. The van der Waals surface area contributed by atoms with Gasteiger partial charge in [0.15, 0.2) is 0 Å². The molecule has 1 aliphatic rings. The molecule has 3 N–H and O–H groups in total. The molecular formula is C9H15NaO6. The van der Waals surface area contributed by atoms with Gasteiger partial charge in [0, 0.05) is 5.92 Å². The van der Waals surface area contributed by atoms with Crippen molar-refractivity contribution in [3.8, 4) is 0 Å². The summed E-state index contributed by atoms with van der Waals surface area (Å²) in [5.74, 6) is -2.15. The largest absolute Gasteiger partial charge is 1.00 e. The molecule has 0 radical (unpaired) electrons. The van der Waals surface area contributed by atoms with Crippen molar-refractivity contribution in [1.82, 2.24) is 0 Å². The molecule has 88 valence electrons. The number of carboxylic acids is 1. The Morgan fingerprint density at radius 3 is 2.31 bits per heavy atom. The Kier molecular flexibility index (Phi) is 7.04. The number of hydrogen-bond donors (Lipinski definition) is 3. The minimum absolute atomic E-state index is 0. The number of carbonyl (C=O) groups excluding carboxylic acids is 1. The zero-order valence-corrected chi connectivity index (χ0v) is 11.4. The maximum Gasteiger partial charge on any atom is 1.00 e. The van der Waals surface area contributed by atoms with Gasteiger partial charge in [-0.05, 0) is 6.42 Å². The first-order valence-electron chi connectivity index (χ1n) is 4.86. The summed E-state index contributed by atoms with van der Waals surface area (Å²) in [7, 11) is 0. The van der Waals surface area contributed by atoms with E-state index in [0.717, 1.165) is 0 Å². The average molecular weight is 242 g/mol. The molecule has 1 rings (SSSR count). The molecule has 7 heteroatoms. The van der Waals surface area contributed by atoms with Gasteiger partial charge in [-0.1, -0.05) is 6.92 Å². The van der Waals surface area contributed by atoms with Crippen LogP contribution in [0.3, 0.4) is 0 Å². The molecule has 1 saturated heterocycles. The Labute approximate surface area is 116 Å². The fraction of sp³-hybridized carbons (Fsp3) is 0.889. The van der Waals surface area contributed by atoms with E-state index >= 15 is 0 Å². The summed E-state index contributed by atoms with van der Waals surface area (Å²) in [6.07, 6.45) is -4.51. The minimum Gasteiger partial charge on any atom is -0.547 e. The molecule has 0 aliphatic carbocycles. The molecule has 0 aromatic heterocycles. The van der Waals surface area contributed by atoms with E-state index in [1.807, 2.05) is 0 Å². The van der Waals surface area contributed by atoms with Crippen LogP contribution in [-0.4, -0.2) is 52.3 Å². The van der Waals surface area contributed by atoms with E-state index in [2.05, 4.69) is 0 Å². The monoisotopic (exact) mass is 242 g/mol. The Balaban J connectivity index is 0.00000225. The Hall–Kier alpha value is 0.310. The molecule has 0 amide bonds. The van der Waals surface area contributed by atoms with Gasteiger partial charge >= 0.3 is 29.6 Å². The molecule has 1 heterocycles. The summed E-state index contributed by atoms with van der Waals surface area (Å²) in [6.45, 7) is 1.14. The van der Waals surface area contributed by atoms with Crippen molar-refractivity contribution in [2.75, 3.05) is 6.61 Å². The maximum absolute atomic E-state index is 10.7. The molecule has 0 aromatic rings. The predicted octanol–water partition coefficient (Wildman–Crippen LogP) is -5.75. The number of carboxylic acid groups (broad SMARTS) is 1. The first kappa shape index (κ1) is 16.3. The van der Waals surface area contributed by atoms with E-state index in [9.17, 15) is 20.1 Å². The predicted molar refractivity (Wildman–Crippen MR) is 46.5 cm³/mol. The second-order valence-electron chi connectivity index (χ2n) is 3.65. The van der Waals surface area contributed by atoms with E-state index < -0.39 is 42.9 Å². The molecule has 0 aromatic carbocycles. The summed E-state index contributed by atoms with van der Waals surface area (Å²) in [5.41, 5.74) is 0. The van der Waals surface area contributed by atoms with Crippen molar-refractivity contribution >= 4 is 5.97 Å². The van der Waals surface area contributed by atoms with Crippen molar-refractivity contribution in [2.24, 2.45) is 5.92 Å². The van der Waals surface area contributed by atoms with Gasteiger partial charge in [-0.25, -0.2) is 0 Å². The van der Waals surface area contributed by atoms with Crippen LogP contribution in [0.1, 0.15) is 13.3 Å². The van der Waals surface area contributed by atoms with Crippen LogP contribution >= 0.6 is 0 Å². The molecule has 6 nitrogen and oxygen atoms in total. The van der Waals surface area contributed by atoms with Gasteiger partial charge in [0.25, 0.3) is 0 Å². The van der Waals surface area contributed by atoms with Gasteiger partial charge in [-0.3, -0.25) is 0 Å². The van der Waals surface area contributed by atoms with E-state index in [4.69, 9.17) is 9.84 Å². The molecular weight excluding hydrogens is 227 g/mol. The van der Waals surface area contributed by atoms with Crippen LogP contribution in [0.4, 0.5) is 0 Å². The average Bonchev–Trinajstić information content (AvgIpc) is 2.21. The number of aliphatic carboxylic acids is 1. The zero-order valence-electron chi connectivity index (χ0n) is 9.37. The topological polar surface area (TPSA) is 110 Å². The van der Waals surface area contributed by atoms with Crippen LogP contribution in [0.25, 0.3) is 0 Å². The molecule has 0 bridgehead atoms. The SMILES string of the molecule is CC[C@@H]1C(C(=O)[O-])O[C@@H](CO)C(O)[C@@H]1O.[Na+]. The first-order chi connectivity index (χ1) is 7.02. The van der Waals surface area contributed by atoms with Crippen molar-refractivity contribution in [3.63, 3.8) is 0 Å². The van der Waals surface area contributed by atoms with Gasteiger partial charge in [0.1, 0.15) is 18.3 Å². The molecule has 16 heavy (non-hydrogen) atoms. The summed E-state index contributed by atoms with van der Waals surface area (Å²) < 4.78 is 4.96. The van der Waals surface area contributed by atoms with Crippen LogP contribution in [-0.2, 0) is 9.53 Å². The van der Waals surface area contributed by atoms with Gasteiger partial charge in [0.05, 0.1) is 18.7 Å². The van der Waals surface area contributed by atoms with Gasteiger partial charge in [-0.2, -0.15) is 0 Å².